The normalized spacial score (nSPS) is 12.4. The zero-order chi connectivity index (χ0) is 15.9. The zero-order valence-electron chi connectivity index (χ0n) is 12.8. The van der Waals surface area contributed by atoms with Gasteiger partial charge in [0.05, 0.1) is 5.25 Å². The third kappa shape index (κ3) is 5.62. The van der Waals surface area contributed by atoms with Gasteiger partial charge in [0.25, 0.3) is 0 Å². The van der Waals surface area contributed by atoms with Crippen LogP contribution in [0.5, 0.6) is 0 Å². The molecule has 22 heavy (non-hydrogen) atoms. The van der Waals surface area contributed by atoms with Crippen LogP contribution in [0.2, 0.25) is 0 Å². The van der Waals surface area contributed by atoms with E-state index in [2.05, 4.69) is 41.5 Å². The monoisotopic (exact) mass is 353 g/mol. The molecule has 0 aliphatic heterocycles. The second-order valence-corrected chi connectivity index (χ2v) is 9.10. The fourth-order valence-electron chi connectivity index (χ4n) is 1.59. The molecule has 7 heteroatoms. The standard InChI is InChI=1S/C15H19N3OS3/c1-10(2)21-15-18-17-14(22-15)16-13(19)11(3)20-9-12-7-5-4-6-8-12/h4-8,10-11H,9H2,1-3H3,(H,16,17,19)/t11-/m1/s1. The number of aromatic nitrogens is 2. The molecule has 0 unspecified atom stereocenters. The van der Waals surface area contributed by atoms with E-state index in [0.717, 1.165) is 10.1 Å². The summed E-state index contributed by atoms with van der Waals surface area (Å²) in [5.74, 6) is 0.790. The molecule has 0 saturated carbocycles. The SMILES string of the molecule is CC(C)Sc1nnc(NC(=O)[C@@H](C)SCc2ccccc2)s1. The summed E-state index contributed by atoms with van der Waals surface area (Å²) in [7, 11) is 0. The van der Waals surface area contributed by atoms with Crippen molar-refractivity contribution in [1.82, 2.24) is 10.2 Å². The van der Waals surface area contributed by atoms with Gasteiger partial charge in [0, 0.05) is 11.0 Å². The van der Waals surface area contributed by atoms with E-state index in [4.69, 9.17) is 0 Å². The van der Waals surface area contributed by atoms with Gasteiger partial charge in [-0.05, 0) is 12.5 Å². The first-order valence-electron chi connectivity index (χ1n) is 7.01. The molecule has 1 atom stereocenters. The van der Waals surface area contributed by atoms with E-state index >= 15 is 0 Å². The van der Waals surface area contributed by atoms with Crippen LogP contribution < -0.4 is 5.32 Å². The van der Waals surface area contributed by atoms with Crippen molar-refractivity contribution in [3.63, 3.8) is 0 Å². The predicted molar refractivity (Wildman–Crippen MR) is 96.7 cm³/mol. The lowest BCUT2D eigenvalue weighted by Crippen LogP contribution is -2.22. The predicted octanol–water partition coefficient (Wildman–Crippen LogP) is 4.30. The number of carbonyl (C=O) groups is 1. The summed E-state index contributed by atoms with van der Waals surface area (Å²) in [6.07, 6.45) is 0. The van der Waals surface area contributed by atoms with Gasteiger partial charge < -0.3 is 0 Å². The first-order valence-corrected chi connectivity index (χ1v) is 9.75. The third-order valence-corrected chi connectivity index (χ3v) is 5.83. The van der Waals surface area contributed by atoms with Crippen molar-refractivity contribution in [3.05, 3.63) is 35.9 Å². The Balaban J connectivity index is 1.82. The lowest BCUT2D eigenvalue weighted by atomic mass is 10.2. The molecule has 0 aliphatic rings. The molecule has 0 saturated heterocycles. The Morgan fingerprint density at radius 3 is 2.64 bits per heavy atom. The third-order valence-electron chi connectivity index (χ3n) is 2.69. The number of rotatable bonds is 7. The molecule has 0 aliphatic carbocycles. The van der Waals surface area contributed by atoms with Crippen LogP contribution in [0.25, 0.3) is 0 Å². The van der Waals surface area contributed by atoms with Gasteiger partial charge in [0.2, 0.25) is 11.0 Å². The maximum atomic E-state index is 12.2. The van der Waals surface area contributed by atoms with Crippen molar-refractivity contribution in [2.75, 3.05) is 5.32 Å². The Hall–Kier alpha value is -1.05. The quantitative estimate of drug-likeness (QED) is 0.594. The van der Waals surface area contributed by atoms with Gasteiger partial charge in [-0.15, -0.1) is 22.0 Å². The number of nitrogens with zero attached hydrogens (tertiary/aromatic N) is 2. The number of amides is 1. The van der Waals surface area contributed by atoms with Crippen LogP contribution in [0.1, 0.15) is 26.3 Å². The second-order valence-electron chi connectivity index (χ2n) is 4.97. The summed E-state index contributed by atoms with van der Waals surface area (Å²) in [5, 5.41) is 11.8. The van der Waals surface area contributed by atoms with E-state index in [0.29, 0.717) is 10.4 Å². The van der Waals surface area contributed by atoms with Crippen molar-refractivity contribution < 1.29 is 4.79 Å². The minimum atomic E-state index is -0.134. The van der Waals surface area contributed by atoms with E-state index < -0.39 is 0 Å². The minimum absolute atomic E-state index is 0.0295. The van der Waals surface area contributed by atoms with E-state index in [1.54, 1.807) is 23.5 Å². The number of hydrogen-bond acceptors (Lipinski definition) is 6. The molecule has 4 nitrogen and oxygen atoms in total. The summed E-state index contributed by atoms with van der Waals surface area (Å²) < 4.78 is 0.884. The molecular weight excluding hydrogens is 334 g/mol. The number of benzene rings is 1. The van der Waals surface area contributed by atoms with Gasteiger partial charge in [-0.3, -0.25) is 10.1 Å². The summed E-state index contributed by atoms with van der Waals surface area (Å²) in [4.78, 5) is 12.2. The molecular formula is C15H19N3OS3. The first kappa shape index (κ1) is 17.3. The number of hydrogen-bond donors (Lipinski definition) is 1. The molecule has 0 radical (unpaired) electrons. The Labute approximate surface area is 143 Å². The van der Waals surface area contributed by atoms with Crippen LogP contribution in [-0.2, 0) is 10.5 Å². The highest BCUT2D eigenvalue weighted by atomic mass is 32.2. The zero-order valence-corrected chi connectivity index (χ0v) is 15.2. The molecule has 1 amide bonds. The van der Waals surface area contributed by atoms with Crippen LogP contribution in [0.3, 0.4) is 0 Å². The minimum Gasteiger partial charge on any atom is -0.300 e. The number of carbonyl (C=O) groups excluding carboxylic acids is 1. The average Bonchev–Trinajstić information content (AvgIpc) is 2.92. The number of nitrogens with one attached hydrogen (secondary N) is 1. The van der Waals surface area contributed by atoms with E-state index in [-0.39, 0.29) is 11.2 Å². The highest BCUT2D eigenvalue weighted by Crippen LogP contribution is 2.29. The summed E-state index contributed by atoms with van der Waals surface area (Å²) in [6, 6.07) is 10.1. The fraction of sp³-hybridized carbons (Fsp3) is 0.400. The smallest absolute Gasteiger partial charge is 0.239 e. The second kappa shape index (κ2) is 8.55. The highest BCUT2D eigenvalue weighted by Gasteiger charge is 2.16. The average molecular weight is 354 g/mol. The fourth-order valence-corrected chi connectivity index (χ4v) is 4.41. The Bertz CT molecular complexity index is 601. The van der Waals surface area contributed by atoms with Crippen LogP contribution in [0, 0.1) is 0 Å². The van der Waals surface area contributed by atoms with Crippen molar-refractivity contribution >= 4 is 45.9 Å². The van der Waals surface area contributed by atoms with E-state index in [1.807, 2.05) is 25.1 Å². The highest BCUT2D eigenvalue weighted by molar-refractivity contribution is 8.01. The maximum Gasteiger partial charge on any atom is 0.239 e. The molecule has 1 heterocycles. The summed E-state index contributed by atoms with van der Waals surface area (Å²) >= 11 is 4.69. The molecule has 0 spiro atoms. The van der Waals surface area contributed by atoms with Crippen molar-refractivity contribution in [1.29, 1.82) is 0 Å². The maximum absolute atomic E-state index is 12.2. The van der Waals surface area contributed by atoms with Crippen molar-refractivity contribution in [3.8, 4) is 0 Å². The molecule has 0 fully saturated rings. The molecule has 1 aromatic carbocycles. The van der Waals surface area contributed by atoms with Crippen molar-refractivity contribution in [2.45, 2.75) is 41.4 Å². The summed E-state index contributed by atoms with van der Waals surface area (Å²) in [5.41, 5.74) is 1.22. The van der Waals surface area contributed by atoms with Crippen molar-refractivity contribution in [2.24, 2.45) is 0 Å². The van der Waals surface area contributed by atoms with Crippen LogP contribution in [-0.4, -0.2) is 26.6 Å². The van der Waals surface area contributed by atoms with Gasteiger partial charge in [0.1, 0.15) is 0 Å². The molecule has 2 aromatic rings. The van der Waals surface area contributed by atoms with Crippen LogP contribution in [0.4, 0.5) is 5.13 Å². The number of anilines is 1. The van der Waals surface area contributed by atoms with Gasteiger partial charge in [-0.1, -0.05) is 67.3 Å². The number of thioether (sulfide) groups is 2. The van der Waals surface area contributed by atoms with Crippen LogP contribution >= 0.6 is 34.9 Å². The lowest BCUT2D eigenvalue weighted by Gasteiger charge is -2.10. The Morgan fingerprint density at radius 2 is 1.95 bits per heavy atom. The molecule has 118 valence electrons. The van der Waals surface area contributed by atoms with E-state index in [9.17, 15) is 4.79 Å². The topological polar surface area (TPSA) is 54.9 Å². The molecule has 1 aromatic heterocycles. The Morgan fingerprint density at radius 1 is 1.23 bits per heavy atom. The van der Waals surface area contributed by atoms with Gasteiger partial charge in [-0.2, -0.15) is 0 Å². The largest absolute Gasteiger partial charge is 0.300 e. The van der Waals surface area contributed by atoms with Crippen LogP contribution in [0.15, 0.2) is 34.7 Å². The summed E-state index contributed by atoms with van der Waals surface area (Å²) in [6.45, 7) is 6.12. The lowest BCUT2D eigenvalue weighted by molar-refractivity contribution is -0.115. The van der Waals surface area contributed by atoms with Gasteiger partial charge >= 0.3 is 0 Å². The molecule has 0 bridgehead atoms. The van der Waals surface area contributed by atoms with Gasteiger partial charge in [-0.25, -0.2) is 0 Å². The Kier molecular flexibility index (Phi) is 6.72. The van der Waals surface area contributed by atoms with E-state index in [1.165, 1.54) is 16.9 Å². The molecule has 2 rings (SSSR count). The molecule has 1 N–H and O–H groups in total. The van der Waals surface area contributed by atoms with Gasteiger partial charge in [0.15, 0.2) is 4.34 Å². The first-order chi connectivity index (χ1) is 10.5.